The van der Waals surface area contributed by atoms with Crippen LogP contribution in [0.2, 0.25) is 0 Å². The Balaban J connectivity index is 2.02. The van der Waals surface area contributed by atoms with Gasteiger partial charge in [-0.15, -0.1) is 0 Å². The number of hydrogen-bond acceptors (Lipinski definition) is 1. The summed E-state index contributed by atoms with van der Waals surface area (Å²) in [5, 5.41) is 0. The molecule has 0 aromatic carbocycles. The van der Waals surface area contributed by atoms with Crippen LogP contribution in [0.25, 0.3) is 0 Å². The highest BCUT2D eigenvalue weighted by molar-refractivity contribution is 4.98. The second kappa shape index (κ2) is 5.00. The minimum Gasteiger partial charge on any atom is -0.498 e. The van der Waals surface area contributed by atoms with Gasteiger partial charge in [0.2, 0.25) is 0 Å². The maximum atomic E-state index is 5.37. The topological polar surface area (TPSA) is 9.23 Å². The minimum absolute atomic E-state index is 0.902. The van der Waals surface area contributed by atoms with E-state index in [-0.39, 0.29) is 0 Å². The van der Waals surface area contributed by atoms with Gasteiger partial charge >= 0.3 is 0 Å². The Labute approximate surface area is 68.8 Å². The predicted molar refractivity (Wildman–Crippen MR) is 47.3 cm³/mol. The summed E-state index contributed by atoms with van der Waals surface area (Å²) in [4.78, 5) is 0. The Kier molecular flexibility index (Phi) is 3.81. The van der Waals surface area contributed by atoms with Crippen molar-refractivity contribution in [1.82, 2.24) is 0 Å². The van der Waals surface area contributed by atoms with Crippen molar-refractivity contribution in [3.63, 3.8) is 0 Å². The van der Waals surface area contributed by atoms with Gasteiger partial charge in [-0.1, -0.05) is 12.2 Å². The lowest BCUT2D eigenvalue weighted by Crippen LogP contribution is -1.84. The van der Waals surface area contributed by atoms with Crippen LogP contribution in [-0.2, 0) is 4.74 Å². The average Bonchev–Trinajstić information content (AvgIpc) is 2.50. The van der Waals surface area contributed by atoms with E-state index in [0.29, 0.717) is 0 Å². The van der Waals surface area contributed by atoms with E-state index in [1.807, 2.05) is 0 Å². The number of rotatable bonds is 4. The second-order valence-electron chi connectivity index (χ2n) is 2.77. The van der Waals surface area contributed by atoms with Gasteiger partial charge in [-0.2, -0.15) is 0 Å². The average molecular weight is 152 g/mol. The van der Waals surface area contributed by atoms with Crippen molar-refractivity contribution in [3.05, 3.63) is 24.0 Å². The predicted octanol–water partition coefficient (Wildman–Crippen LogP) is 3.04. The van der Waals surface area contributed by atoms with E-state index in [1.165, 1.54) is 18.6 Å². The summed E-state index contributed by atoms with van der Waals surface area (Å²) in [5.41, 5.74) is 0. The highest BCUT2D eigenvalue weighted by atomic mass is 16.5. The molecule has 0 aliphatic carbocycles. The van der Waals surface area contributed by atoms with Crippen molar-refractivity contribution in [1.29, 1.82) is 0 Å². The molecule has 0 saturated heterocycles. The van der Waals surface area contributed by atoms with Crippen molar-refractivity contribution in [2.45, 2.75) is 32.6 Å². The van der Waals surface area contributed by atoms with Crippen LogP contribution < -0.4 is 0 Å². The van der Waals surface area contributed by atoms with Crippen molar-refractivity contribution in [2.24, 2.45) is 0 Å². The summed E-state index contributed by atoms with van der Waals surface area (Å²) in [6.45, 7) is 2.96. The molecule has 0 aromatic rings. The Morgan fingerprint density at radius 3 is 3.18 bits per heavy atom. The third kappa shape index (κ3) is 3.26. The van der Waals surface area contributed by atoms with E-state index < -0.39 is 0 Å². The van der Waals surface area contributed by atoms with E-state index in [2.05, 4.69) is 25.2 Å². The molecule has 0 amide bonds. The van der Waals surface area contributed by atoms with E-state index in [9.17, 15) is 0 Å². The molecule has 0 bridgehead atoms. The van der Waals surface area contributed by atoms with Crippen molar-refractivity contribution in [3.8, 4) is 0 Å². The first-order valence-electron chi connectivity index (χ1n) is 4.36. The normalized spacial score (nSPS) is 17.0. The van der Waals surface area contributed by atoms with Gasteiger partial charge in [-0.05, 0) is 25.8 Å². The maximum absolute atomic E-state index is 5.37. The van der Waals surface area contributed by atoms with E-state index in [0.717, 1.165) is 19.4 Å². The number of unbranched alkanes of at least 4 members (excludes halogenated alkanes) is 1. The van der Waals surface area contributed by atoms with Crippen molar-refractivity contribution >= 4 is 0 Å². The summed E-state index contributed by atoms with van der Waals surface area (Å²) in [6.07, 6.45) is 11.1. The molecule has 0 atom stereocenters. The second-order valence-corrected chi connectivity index (χ2v) is 2.77. The molecule has 1 rings (SSSR count). The molecule has 1 nitrogen and oxygen atoms in total. The lowest BCUT2D eigenvalue weighted by molar-refractivity contribution is 0.233. The van der Waals surface area contributed by atoms with Gasteiger partial charge in [0.1, 0.15) is 0 Å². The highest BCUT2D eigenvalue weighted by Gasteiger charge is 2.02. The minimum atomic E-state index is 0.902. The van der Waals surface area contributed by atoms with Crippen molar-refractivity contribution < 1.29 is 4.74 Å². The van der Waals surface area contributed by atoms with Crippen LogP contribution in [0, 0.1) is 0 Å². The number of hydrogen-bond donors (Lipinski definition) is 0. The molecule has 1 heteroatoms. The fourth-order valence-corrected chi connectivity index (χ4v) is 1.20. The molecule has 0 N–H and O–H groups in total. The fourth-order valence-electron chi connectivity index (χ4n) is 1.20. The summed E-state index contributed by atoms with van der Waals surface area (Å²) < 4.78 is 5.37. The van der Waals surface area contributed by atoms with Crippen LogP contribution in [-0.4, -0.2) is 6.61 Å². The van der Waals surface area contributed by atoms with Gasteiger partial charge in [0.05, 0.1) is 12.4 Å². The third-order valence-corrected chi connectivity index (χ3v) is 1.81. The van der Waals surface area contributed by atoms with E-state index in [4.69, 9.17) is 4.74 Å². The summed E-state index contributed by atoms with van der Waals surface area (Å²) in [5.74, 6) is 1.20. The van der Waals surface area contributed by atoms with Gasteiger partial charge in [0.25, 0.3) is 0 Å². The first-order valence-corrected chi connectivity index (χ1v) is 4.36. The van der Waals surface area contributed by atoms with Gasteiger partial charge in [-0.3, -0.25) is 0 Å². The number of ether oxygens (including phenoxy) is 1. The zero-order valence-corrected chi connectivity index (χ0v) is 7.18. The molecule has 0 unspecified atom stereocenters. The van der Waals surface area contributed by atoms with Crippen LogP contribution in [0.1, 0.15) is 32.6 Å². The molecule has 11 heavy (non-hydrogen) atoms. The Morgan fingerprint density at radius 2 is 2.55 bits per heavy atom. The van der Waals surface area contributed by atoms with Crippen LogP contribution in [0.5, 0.6) is 0 Å². The first kappa shape index (κ1) is 8.38. The number of allylic oxidation sites excluding steroid dienone is 3. The lowest BCUT2D eigenvalue weighted by atomic mass is 10.2. The Hall–Kier alpha value is -0.720. The van der Waals surface area contributed by atoms with Gasteiger partial charge in [-0.25, -0.2) is 0 Å². The highest BCUT2D eigenvalue weighted by Crippen LogP contribution is 2.15. The smallest absolute Gasteiger partial charge is 0.0921 e. The molecule has 62 valence electrons. The van der Waals surface area contributed by atoms with Crippen LogP contribution in [0.4, 0.5) is 0 Å². The fraction of sp³-hybridized carbons (Fsp3) is 0.600. The first-order chi connectivity index (χ1) is 5.43. The Morgan fingerprint density at radius 1 is 1.64 bits per heavy atom. The molecule has 0 aromatic heterocycles. The summed E-state index contributed by atoms with van der Waals surface area (Å²) >= 11 is 0. The molecular formula is C10H16O. The maximum Gasteiger partial charge on any atom is 0.0921 e. The molecule has 0 fully saturated rings. The molecular weight excluding hydrogens is 136 g/mol. The van der Waals surface area contributed by atoms with Crippen LogP contribution in [0.15, 0.2) is 24.0 Å². The van der Waals surface area contributed by atoms with E-state index in [1.54, 1.807) is 0 Å². The molecule has 0 spiro atoms. The van der Waals surface area contributed by atoms with Crippen LogP contribution in [0.3, 0.4) is 0 Å². The van der Waals surface area contributed by atoms with Gasteiger partial charge in [0.15, 0.2) is 0 Å². The standard InChI is InChI=1S/C10H16O/c1-2-3-4-5-7-10-8-6-9-11-10/h2-3,8H,4-7,9H2,1H3/b3-2+. The molecule has 1 heterocycles. The quantitative estimate of drug-likeness (QED) is 0.444. The monoisotopic (exact) mass is 152 g/mol. The summed E-state index contributed by atoms with van der Waals surface area (Å²) in [7, 11) is 0. The summed E-state index contributed by atoms with van der Waals surface area (Å²) in [6, 6.07) is 0. The van der Waals surface area contributed by atoms with Crippen molar-refractivity contribution in [2.75, 3.05) is 6.61 Å². The largest absolute Gasteiger partial charge is 0.498 e. The van der Waals surface area contributed by atoms with E-state index >= 15 is 0 Å². The third-order valence-electron chi connectivity index (χ3n) is 1.81. The van der Waals surface area contributed by atoms with Gasteiger partial charge < -0.3 is 4.74 Å². The molecule has 1 aliphatic rings. The zero-order chi connectivity index (χ0) is 7.94. The molecule has 1 aliphatic heterocycles. The molecule has 0 radical (unpaired) electrons. The van der Waals surface area contributed by atoms with Gasteiger partial charge in [0, 0.05) is 12.8 Å². The van der Waals surface area contributed by atoms with Crippen LogP contribution >= 0.6 is 0 Å². The lowest BCUT2D eigenvalue weighted by Gasteiger charge is -2.00. The Bertz CT molecular complexity index is 156. The molecule has 0 saturated carbocycles. The SMILES string of the molecule is C/C=C/CCCC1=CCCO1. The zero-order valence-electron chi connectivity index (χ0n) is 7.18.